The van der Waals surface area contributed by atoms with Crippen LogP contribution in [-0.4, -0.2) is 8.07 Å². The van der Waals surface area contributed by atoms with Crippen LogP contribution in [0.5, 0.6) is 0 Å². The summed E-state index contributed by atoms with van der Waals surface area (Å²) < 4.78 is 0. The molecule has 5 rings (SSSR count). The van der Waals surface area contributed by atoms with Crippen molar-refractivity contribution in [3.05, 3.63) is 82.6 Å². The van der Waals surface area contributed by atoms with Gasteiger partial charge in [0.25, 0.3) is 0 Å². The lowest BCUT2D eigenvalue weighted by atomic mass is 10.1. The molecule has 0 saturated heterocycles. The Bertz CT molecular complexity index is 1040. The summed E-state index contributed by atoms with van der Waals surface area (Å²) in [7, 11) is -1.82. The van der Waals surface area contributed by atoms with Crippen LogP contribution >= 0.6 is 22.7 Å². The summed E-state index contributed by atoms with van der Waals surface area (Å²) >= 11 is 3.63. The van der Waals surface area contributed by atoms with Gasteiger partial charge in [-0.15, -0.1) is 22.7 Å². The summed E-state index contributed by atoms with van der Waals surface area (Å²) in [5.74, 6) is 0. The van der Waals surface area contributed by atoms with Crippen molar-refractivity contribution in [3.63, 3.8) is 0 Å². The molecule has 4 aromatic rings. The van der Waals surface area contributed by atoms with Crippen LogP contribution in [-0.2, 0) is 0 Å². The van der Waals surface area contributed by atoms with E-state index in [0.29, 0.717) is 0 Å². The Morgan fingerprint density at radius 3 is 1.52 bits per heavy atom. The topological polar surface area (TPSA) is 0 Å². The average Bonchev–Trinajstić information content (AvgIpc) is 3.38. The number of rotatable bonds is 2. The molecular formula is C24H20S2Si. The highest BCUT2D eigenvalue weighted by Crippen LogP contribution is 2.29. The molecule has 1 aliphatic rings. The van der Waals surface area contributed by atoms with Gasteiger partial charge in [0.05, 0.1) is 0 Å². The number of thiophene rings is 2. The Kier molecular flexibility index (Phi) is 4.04. The van der Waals surface area contributed by atoms with Gasteiger partial charge in [-0.05, 0) is 55.5 Å². The van der Waals surface area contributed by atoms with Gasteiger partial charge in [0.1, 0.15) is 8.07 Å². The van der Waals surface area contributed by atoms with E-state index < -0.39 is 8.07 Å². The van der Waals surface area contributed by atoms with Gasteiger partial charge < -0.3 is 0 Å². The van der Waals surface area contributed by atoms with Crippen LogP contribution in [0.2, 0.25) is 13.1 Å². The zero-order chi connectivity index (χ0) is 18.4. The highest BCUT2D eigenvalue weighted by atomic mass is 32.1. The zero-order valence-corrected chi connectivity index (χ0v) is 18.0. The number of hydrogen-bond donors (Lipinski definition) is 0. The minimum absolute atomic E-state index is 1.34. The summed E-state index contributed by atoms with van der Waals surface area (Å²) in [4.78, 5) is 2.70. The fourth-order valence-corrected chi connectivity index (χ4v) is 8.55. The van der Waals surface area contributed by atoms with Gasteiger partial charge >= 0.3 is 0 Å². The Hall–Kier alpha value is -2.20. The van der Waals surface area contributed by atoms with Crippen molar-refractivity contribution in [2.45, 2.75) is 13.1 Å². The fraction of sp³-hybridized carbons (Fsp3) is 0.0833. The summed E-state index contributed by atoms with van der Waals surface area (Å²) in [6, 6.07) is 22.8. The third-order valence-corrected chi connectivity index (χ3v) is 10.9. The molecule has 2 aromatic carbocycles. The molecular weight excluding hydrogens is 380 g/mol. The van der Waals surface area contributed by atoms with Crippen LogP contribution in [0.4, 0.5) is 0 Å². The smallest absolute Gasteiger partial charge is 0.113 e. The van der Waals surface area contributed by atoms with Crippen molar-refractivity contribution in [2.24, 2.45) is 0 Å². The molecule has 0 atom stereocenters. The molecule has 3 heterocycles. The quantitative estimate of drug-likeness (QED) is 0.339. The van der Waals surface area contributed by atoms with Crippen LogP contribution in [0.25, 0.3) is 33.0 Å². The first-order valence-electron chi connectivity index (χ1n) is 9.18. The second-order valence-electron chi connectivity index (χ2n) is 7.52. The third kappa shape index (κ3) is 2.87. The van der Waals surface area contributed by atoms with E-state index in [0.717, 1.165) is 0 Å². The monoisotopic (exact) mass is 400 g/mol. The molecule has 0 unspecified atom stereocenters. The first-order chi connectivity index (χ1) is 13.1. The lowest BCUT2D eigenvalue weighted by Gasteiger charge is -2.27. The summed E-state index contributed by atoms with van der Waals surface area (Å²) in [5.41, 5.74) is 5.44. The maximum atomic E-state index is 2.49. The Morgan fingerprint density at radius 2 is 1.11 bits per heavy atom. The number of fused-ring (bicyclic) bond motifs is 2. The Balaban J connectivity index is 1.70. The van der Waals surface area contributed by atoms with Gasteiger partial charge in [-0.25, -0.2) is 0 Å². The van der Waals surface area contributed by atoms with Gasteiger partial charge in [-0.2, -0.15) is 0 Å². The molecule has 0 aliphatic carbocycles. The molecule has 0 amide bonds. The predicted molar refractivity (Wildman–Crippen MR) is 125 cm³/mol. The first-order valence-corrected chi connectivity index (χ1v) is 13.9. The molecule has 0 bridgehead atoms. The highest BCUT2D eigenvalue weighted by Gasteiger charge is 2.32. The molecule has 0 N–H and O–H groups in total. The molecule has 0 fully saturated rings. The largest absolute Gasteiger partial charge is 0.144 e. The molecule has 0 saturated carbocycles. The second kappa shape index (κ2) is 6.45. The van der Waals surface area contributed by atoms with E-state index in [1.165, 1.54) is 42.4 Å². The number of hydrogen-bond acceptors (Lipinski definition) is 2. The van der Waals surface area contributed by atoms with E-state index in [1.54, 1.807) is 0 Å². The molecule has 132 valence electrons. The standard InChI is InChI=1S/C24H20S2Si/c1-27(2)23-15-19(21-5-3-13-25-21)11-9-17(23)7-8-18-10-12-20(16-24(18)27)22-6-4-14-26-22/h3-16H,1-2H3. The van der Waals surface area contributed by atoms with Crippen LogP contribution in [0.1, 0.15) is 11.1 Å². The van der Waals surface area contributed by atoms with Crippen molar-refractivity contribution in [1.29, 1.82) is 0 Å². The van der Waals surface area contributed by atoms with Gasteiger partial charge in [0.2, 0.25) is 0 Å². The fourth-order valence-electron chi connectivity index (χ4n) is 4.00. The first kappa shape index (κ1) is 16.9. The third-order valence-electron chi connectivity index (χ3n) is 5.51. The Labute approximate surface area is 169 Å². The highest BCUT2D eigenvalue weighted by molar-refractivity contribution is 7.14. The van der Waals surface area contributed by atoms with Gasteiger partial charge in [-0.3, -0.25) is 0 Å². The van der Waals surface area contributed by atoms with Crippen molar-refractivity contribution in [1.82, 2.24) is 0 Å². The molecule has 0 spiro atoms. The maximum absolute atomic E-state index is 2.49. The average molecular weight is 401 g/mol. The molecule has 27 heavy (non-hydrogen) atoms. The van der Waals surface area contributed by atoms with Crippen molar-refractivity contribution < 1.29 is 0 Å². The summed E-state index contributed by atoms with van der Waals surface area (Å²) in [6.45, 7) is 4.99. The van der Waals surface area contributed by atoms with E-state index >= 15 is 0 Å². The predicted octanol–water partition coefficient (Wildman–Crippen LogP) is 6.45. The van der Waals surface area contributed by atoms with Gasteiger partial charge in [0.15, 0.2) is 0 Å². The minimum atomic E-state index is -1.82. The van der Waals surface area contributed by atoms with E-state index in [2.05, 4.69) is 96.7 Å². The normalized spacial score (nSPS) is 14.4. The lowest BCUT2D eigenvalue weighted by molar-refractivity contribution is 1.64. The van der Waals surface area contributed by atoms with E-state index in [4.69, 9.17) is 0 Å². The van der Waals surface area contributed by atoms with Crippen LogP contribution in [0.3, 0.4) is 0 Å². The molecule has 2 aromatic heterocycles. The maximum Gasteiger partial charge on any atom is 0.113 e. The van der Waals surface area contributed by atoms with Gasteiger partial charge in [-0.1, -0.05) is 73.8 Å². The van der Waals surface area contributed by atoms with E-state index in [9.17, 15) is 0 Å². The van der Waals surface area contributed by atoms with Crippen LogP contribution in [0, 0.1) is 0 Å². The van der Waals surface area contributed by atoms with Crippen molar-refractivity contribution >= 4 is 53.3 Å². The van der Waals surface area contributed by atoms with E-state index in [-0.39, 0.29) is 0 Å². The summed E-state index contributed by atoms with van der Waals surface area (Å²) in [6.07, 6.45) is 4.61. The van der Waals surface area contributed by atoms with Crippen LogP contribution < -0.4 is 10.4 Å². The van der Waals surface area contributed by atoms with Crippen molar-refractivity contribution in [2.75, 3.05) is 0 Å². The molecule has 0 nitrogen and oxygen atoms in total. The lowest BCUT2D eigenvalue weighted by Crippen LogP contribution is -2.54. The Morgan fingerprint density at radius 1 is 0.630 bits per heavy atom. The van der Waals surface area contributed by atoms with E-state index in [1.807, 2.05) is 22.7 Å². The molecule has 3 heteroatoms. The minimum Gasteiger partial charge on any atom is -0.144 e. The number of benzene rings is 2. The SMILES string of the molecule is C[Si]1(C)c2cc(-c3cccs3)ccc2C=Cc2ccc(-c3cccs3)cc21. The summed E-state index contributed by atoms with van der Waals surface area (Å²) in [5, 5.41) is 7.39. The van der Waals surface area contributed by atoms with Gasteiger partial charge in [0, 0.05) is 9.75 Å². The molecule has 0 radical (unpaired) electrons. The second-order valence-corrected chi connectivity index (χ2v) is 13.7. The van der Waals surface area contributed by atoms with Crippen molar-refractivity contribution in [3.8, 4) is 20.9 Å². The zero-order valence-electron chi connectivity index (χ0n) is 15.4. The molecule has 1 aliphatic heterocycles. The van der Waals surface area contributed by atoms with Crippen LogP contribution in [0.15, 0.2) is 71.4 Å².